The van der Waals surface area contributed by atoms with E-state index < -0.39 is 11.9 Å². The summed E-state index contributed by atoms with van der Waals surface area (Å²) in [5, 5.41) is 2.86. The summed E-state index contributed by atoms with van der Waals surface area (Å²) in [6, 6.07) is 4.46. The van der Waals surface area contributed by atoms with Crippen molar-refractivity contribution in [1.82, 2.24) is 16.2 Å². The van der Waals surface area contributed by atoms with E-state index in [1.807, 2.05) is 25.1 Å². The van der Waals surface area contributed by atoms with Crippen LogP contribution >= 0.6 is 0 Å². The summed E-state index contributed by atoms with van der Waals surface area (Å²) >= 11 is 0. The Morgan fingerprint density at radius 2 is 1.92 bits per heavy atom. The van der Waals surface area contributed by atoms with Crippen molar-refractivity contribution >= 4 is 11.8 Å². The average molecular weight is 336 g/mol. The molecule has 24 heavy (non-hydrogen) atoms. The number of nitrogens with two attached hydrogens (primary N) is 1. The first-order valence-electron chi connectivity index (χ1n) is 7.77. The number of hydrogen-bond acceptors (Lipinski definition) is 6. The number of hydrogen-bond donors (Lipinski definition) is 4. The number of carbonyl (C=O) groups is 2. The number of rotatable bonds is 7. The smallest absolute Gasteiger partial charge is 0.238 e. The van der Waals surface area contributed by atoms with Gasteiger partial charge >= 0.3 is 0 Å². The van der Waals surface area contributed by atoms with E-state index in [4.69, 9.17) is 15.2 Å². The zero-order chi connectivity index (χ0) is 17.7. The Kier molecular flexibility index (Phi) is 5.99. The quantitative estimate of drug-likeness (QED) is 0.532. The van der Waals surface area contributed by atoms with Crippen LogP contribution in [-0.4, -0.2) is 44.2 Å². The maximum atomic E-state index is 12.2. The standard InChI is InChI=1S/C16H24N4O4/c1-9-14(15(16(17)22)20-19-9)18-13(21)7-5-10-4-6-11(23-2)12(8-10)24-3/h4,6,8-9,14-15,19-20H,5,7H2,1-3H3,(H2,17,22)(H,18,21). The van der Waals surface area contributed by atoms with E-state index in [0.29, 0.717) is 24.3 Å². The van der Waals surface area contributed by atoms with Gasteiger partial charge in [-0.1, -0.05) is 6.07 Å². The monoisotopic (exact) mass is 336 g/mol. The van der Waals surface area contributed by atoms with E-state index >= 15 is 0 Å². The van der Waals surface area contributed by atoms with Gasteiger partial charge in [-0.3, -0.25) is 15.0 Å². The van der Waals surface area contributed by atoms with Crippen molar-refractivity contribution in [2.24, 2.45) is 5.73 Å². The van der Waals surface area contributed by atoms with E-state index in [1.54, 1.807) is 14.2 Å². The summed E-state index contributed by atoms with van der Waals surface area (Å²) in [6.07, 6.45) is 0.847. The molecule has 1 saturated heterocycles. The van der Waals surface area contributed by atoms with E-state index in [9.17, 15) is 9.59 Å². The van der Waals surface area contributed by atoms with Gasteiger partial charge in [-0.2, -0.15) is 0 Å². The third-order valence-electron chi connectivity index (χ3n) is 4.09. The SMILES string of the molecule is COc1ccc(CCC(=O)NC2C(C)NNC2C(N)=O)cc1OC. The highest BCUT2D eigenvalue weighted by Crippen LogP contribution is 2.27. The van der Waals surface area contributed by atoms with Gasteiger partial charge in [0, 0.05) is 12.5 Å². The Bertz CT molecular complexity index is 608. The number of amides is 2. The lowest BCUT2D eigenvalue weighted by Gasteiger charge is -2.20. The highest BCUT2D eigenvalue weighted by Gasteiger charge is 2.37. The van der Waals surface area contributed by atoms with Gasteiger partial charge in [0.15, 0.2) is 11.5 Å². The molecule has 0 aromatic heterocycles. The van der Waals surface area contributed by atoms with Crippen LogP contribution in [0.25, 0.3) is 0 Å². The molecule has 1 aliphatic rings. The fourth-order valence-electron chi connectivity index (χ4n) is 2.70. The molecule has 0 spiro atoms. The first-order valence-corrected chi connectivity index (χ1v) is 7.77. The van der Waals surface area contributed by atoms with Crippen molar-refractivity contribution in [1.29, 1.82) is 0 Å². The molecule has 0 aliphatic carbocycles. The zero-order valence-corrected chi connectivity index (χ0v) is 14.1. The Hall–Kier alpha value is -2.32. The first kappa shape index (κ1) is 18.0. The van der Waals surface area contributed by atoms with E-state index in [2.05, 4.69) is 16.2 Å². The predicted molar refractivity (Wildman–Crippen MR) is 88.5 cm³/mol. The highest BCUT2D eigenvalue weighted by atomic mass is 16.5. The minimum absolute atomic E-state index is 0.0902. The Labute approximate surface area is 141 Å². The lowest BCUT2D eigenvalue weighted by atomic mass is 10.0. The predicted octanol–water partition coefficient (Wildman–Crippen LogP) is -0.529. The molecular weight excluding hydrogens is 312 g/mol. The minimum atomic E-state index is -0.620. The number of methoxy groups -OCH3 is 2. The van der Waals surface area contributed by atoms with Crippen LogP contribution in [0.2, 0.25) is 0 Å². The minimum Gasteiger partial charge on any atom is -0.493 e. The van der Waals surface area contributed by atoms with E-state index in [-0.39, 0.29) is 18.0 Å². The number of ether oxygens (including phenoxy) is 2. The fourth-order valence-corrected chi connectivity index (χ4v) is 2.70. The van der Waals surface area contributed by atoms with Gasteiger partial charge in [0.25, 0.3) is 0 Å². The van der Waals surface area contributed by atoms with Crippen LogP contribution in [0.15, 0.2) is 18.2 Å². The van der Waals surface area contributed by atoms with Crippen molar-refractivity contribution in [3.8, 4) is 11.5 Å². The molecule has 2 rings (SSSR count). The van der Waals surface area contributed by atoms with E-state index in [0.717, 1.165) is 5.56 Å². The molecule has 0 saturated carbocycles. The molecular formula is C16H24N4O4. The van der Waals surface area contributed by atoms with Crippen LogP contribution in [0.1, 0.15) is 18.9 Å². The van der Waals surface area contributed by atoms with Crippen LogP contribution in [-0.2, 0) is 16.0 Å². The van der Waals surface area contributed by atoms with E-state index in [1.165, 1.54) is 0 Å². The molecule has 1 aromatic carbocycles. The zero-order valence-electron chi connectivity index (χ0n) is 14.1. The molecule has 132 valence electrons. The van der Waals surface area contributed by atoms with Gasteiger partial charge < -0.3 is 20.5 Å². The lowest BCUT2D eigenvalue weighted by Crippen LogP contribution is -2.52. The molecule has 1 aromatic rings. The number of aryl methyl sites for hydroxylation is 1. The number of carbonyl (C=O) groups excluding carboxylic acids is 2. The van der Waals surface area contributed by atoms with Gasteiger partial charge in [-0.05, 0) is 31.0 Å². The summed E-state index contributed by atoms with van der Waals surface area (Å²) in [5.41, 5.74) is 12.0. The lowest BCUT2D eigenvalue weighted by molar-refractivity contribution is -0.123. The molecule has 1 fully saturated rings. The third-order valence-corrected chi connectivity index (χ3v) is 4.09. The topological polar surface area (TPSA) is 115 Å². The Morgan fingerprint density at radius 1 is 1.21 bits per heavy atom. The molecule has 5 N–H and O–H groups in total. The van der Waals surface area contributed by atoms with Crippen molar-refractivity contribution in [2.45, 2.75) is 37.9 Å². The number of benzene rings is 1. The van der Waals surface area contributed by atoms with Crippen LogP contribution in [0.4, 0.5) is 0 Å². The van der Waals surface area contributed by atoms with Gasteiger partial charge in [0.1, 0.15) is 6.04 Å². The van der Waals surface area contributed by atoms with Crippen LogP contribution in [0, 0.1) is 0 Å². The molecule has 1 aliphatic heterocycles. The van der Waals surface area contributed by atoms with Gasteiger partial charge in [0.05, 0.1) is 20.3 Å². The molecule has 2 amide bonds. The van der Waals surface area contributed by atoms with Crippen LogP contribution < -0.4 is 31.4 Å². The fraction of sp³-hybridized carbons (Fsp3) is 0.500. The molecule has 8 nitrogen and oxygen atoms in total. The summed E-state index contributed by atoms with van der Waals surface area (Å²) < 4.78 is 10.4. The van der Waals surface area contributed by atoms with Crippen LogP contribution in [0.3, 0.4) is 0 Å². The number of primary amides is 1. The molecule has 0 radical (unpaired) electrons. The number of nitrogens with one attached hydrogen (secondary N) is 3. The third kappa shape index (κ3) is 4.15. The molecule has 8 heteroatoms. The number of hydrazine groups is 1. The van der Waals surface area contributed by atoms with Crippen LogP contribution in [0.5, 0.6) is 11.5 Å². The van der Waals surface area contributed by atoms with Crippen molar-refractivity contribution in [3.05, 3.63) is 23.8 Å². The molecule has 0 bridgehead atoms. The second-order valence-electron chi connectivity index (χ2n) is 5.74. The normalized spacial score (nSPS) is 22.9. The second kappa shape index (κ2) is 7.98. The molecule has 3 unspecified atom stereocenters. The van der Waals surface area contributed by atoms with Gasteiger partial charge in [-0.25, -0.2) is 5.43 Å². The molecule has 3 atom stereocenters. The van der Waals surface area contributed by atoms with Crippen molar-refractivity contribution < 1.29 is 19.1 Å². The largest absolute Gasteiger partial charge is 0.493 e. The first-order chi connectivity index (χ1) is 11.5. The summed E-state index contributed by atoms with van der Waals surface area (Å²) in [6.45, 7) is 1.87. The Morgan fingerprint density at radius 3 is 2.54 bits per heavy atom. The second-order valence-corrected chi connectivity index (χ2v) is 5.74. The summed E-state index contributed by atoms with van der Waals surface area (Å²) in [5.74, 6) is 0.629. The summed E-state index contributed by atoms with van der Waals surface area (Å²) in [4.78, 5) is 23.6. The maximum Gasteiger partial charge on any atom is 0.238 e. The highest BCUT2D eigenvalue weighted by molar-refractivity contribution is 5.83. The molecule has 1 heterocycles. The average Bonchev–Trinajstić information content (AvgIpc) is 2.93. The van der Waals surface area contributed by atoms with Gasteiger partial charge in [0.2, 0.25) is 11.8 Å². The maximum absolute atomic E-state index is 12.2. The van der Waals surface area contributed by atoms with Gasteiger partial charge in [-0.15, -0.1) is 0 Å². The summed E-state index contributed by atoms with van der Waals surface area (Å²) in [7, 11) is 3.14. The van der Waals surface area contributed by atoms with Crippen molar-refractivity contribution in [3.63, 3.8) is 0 Å². The Balaban J connectivity index is 1.92. The van der Waals surface area contributed by atoms with Crippen molar-refractivity contribution in [2.75, 3.05) is 14.2 Å².